The maximum Gasteiger partial charge on any atom is 0.227 e. The van der Waals surface area contributed by atoms with Crippen LogP contribution in [0.4, 0.5) is 0 Å². The topological polar surface area (TPSA) is 65.4 Å². The second-order valence-corrected chi connectivity index (χ2v) is 4.51. The van der Waals surface area contributed by atoms with Crippen molar-refractivity contribution in [1.29, 1.82) is 5.26 Å². The summed E-state index contributed by atoms with van der Waals surface area (Å²) in [4.78, 5) is 14.0. The van der Waals surface area contributed by atoms with Crippen molar-refractivity contribution in [2.24, 2.45) is 11.8 Å². The first kappa shape index (κ1) is 11.4. The predicted octanol–water partition coefficient (Wildman–Crippen LogP) is -0.407. The monoisotopic (exact) mass is 223 g/mol. The molecule has 5 nitrogen and oxygen atoms in total. The molecule has 2 aliphatic rings. The van der Waals surface area contributed by atoms with Crippen molar-refractivity contribution in [3.8, 4) is 6.07 Å². The third-order valence-corrected chi connectivity index (χ3v) is 3.36. The Kier molecular flexibility index (Phi) is 3.42. The SMILES string of the molecule is CC1CNCC1C(=O)N1CCOC(C#N)C1. The number of nitrogens with zero attached hydrogens (tertiary/aromatic N) is 2. The highest BCUT2D eigenvalue weighted by Crippen LogP contribution is 2.19. The smallest absolute Gasteiger partial charge is 0.227 e. The molecule has 1 N–H and O–H groups in total. The van der Waals surface area contributed by atoms with Gasteiger partial charge in [0.15, 0.2) is 6.10 Å². The van der Waals surface area contributed by atoms with Gasteiger partial charge in [-0.2, -0.15) is 5.26 Å². The van der Waals surface area contributed by atoms with Crippen LogP contribution < -0.4 is 5.32 Å². The van der Waals surface area contributed by atoms with Gasteiger partial charge in [0.1, 0.15) is 0 Å². The Labute approximate surface area is 95.4 Å². The van der Waals surface area contributed by atoms with Gasteiger partial charge in [0.05, 0.1) is 25.1 Å². The van der Waals surface area contributed by atoms with Crippen LogP contribution >= 0.6 is 0 Å². The van der Waals surface area contributed by atoms with Crippen molar-refractivity contribution in [2.75, 3.05) is 32.8 Å². The number of nitriles is 1. The standard InChI is InChI=1S/C11H17N3O2/c1-8-5-13-6-10(8)11(15)14-2-3-16-9(4-12)7-14/h8-10,13H,2-3,5-7H2,1H3. The summed E-state index contributed by atoms with van der Waals surface area (Å²) in [7, 11) is 0. The Balaban J connectivity index is 1.96. The van der Waals surface area contributed by atoms with Crippen molar-refractivity contribution < 1.29 is 9.53 Å². The lowest BCUT2D eigenvalue weighted by Gasteiger charge is -2.32. The van der Waals surface area contributed by atoms with Gasteiger partial charge in [-0.3, -0.25) is 4.79 Å². The molecule has 88 valence electrons. The number of hydrogen-bond acceptors (Lipinski definition) is 4. The highest BCUT2D eigenvalue weighted by molar-refractivity contribution is 5.80. The van der Waals surface area contributed by atoms with E-state index in [4.69, 9.17) is 10.00 Å². The summed E-state index contributed by atoms with van der Waals surface area (Å²) in [6.45, 7) is 5.25. The molecule has 0 bridgehead atoms. The van der Waals surface area contributed by atoms with E-state index in [9.17, 15) is 4.79 Å². The number of amides is 1. The molecule has 0 aromatic heterocycles. The van der Waals surface area contributed by atoms with Crippen LogP contribution in [0.15, 0.2) is 0 Å². The lowest BCUT2D eigenvalue weighted by molar-refractivity contribution is -0.141. The zero-order valence-corrected chi connectivity index (χ0v) is 9.48. The number of morpholine rings is 1. The van der Waals surface area contributed by atoms with Crippen molar-refractivity contribution >= 4 is 5.91 Å². The molecule has 0 aliphatic carbocycles. The minimum Gasteiger partial charge on any atom is -0.360 e. The fourth-order valence-electron chi connectivity index (χ4n) is 2.30. The third-order valence-electron chi connectivity index (χ3n) is 3.36. The maximum absolute atomic E-state index is 12.2. The molecule has 5 heteroatoms. The molecular formula is C11H17N3O2. The quantitative estimate of drug-likeness (QED) is 0.656. The summed E-state index contributed by atoms with van der Waals surface area (Å²) >= 11 is 0. The number of carbonyl (C=O) groups is 1. The first-order valence-electron chi connectivity index (χ1n) is 5.73. The van der Waals surface area contributed by atoms with Gasteiger partial charge >= 0.3 is 0 Å². The summed E-state index contributed by atoms with van der Waals surface area (Å²) < 4.78 is 5.23. The minimum absolute atomic E-state index is 0.0671. The Hall–Kier alpha value is -1.12. The first-order chi connectivity index (χ1) is 7.72. The van der Waals surface area contributed by atoms with Crippen LogP contribution in [0.3, 0.4) is 0 Å². The van der Waals surface area contributed by atoms with Crippen LogP contribution in [0, 0.1) is 23.2 Å². The molecule has 16 heavy (non-hydrogen) atoms. The Morgan fingerprint density at radius 1 is 1.56 bits per heavy atom. The Morgan fingerprint density at radius 2 is 2.38 bits per heavy atom. The normalized spacial score (nSPS) is 34.8. The van der Waals surface area contributed by atoms with Gasteiger partial charge in [-0.05, 0) is 12.5 Å². The van der Waals surface area contributed by atoms with Crippen LogP contribution in [0.25, 0.3) is 0 Å². The largest absolute Gasteiger partial charge is 0.360 e. The highest BCUT2D eigenvalue weighted by Gasteiger charge is 2.34. The maximum atomic E-state index is 12.2. The summed E-state index contributed by atoms with van der Waals surface area (Å²) in [6, 6.07) is 2.06. The molecule has 1 amide bonds. The summed E-state index contributed by atoms with van der Waals surface area (Å²) in [5.41, 5.74) is 0. The van der Waals surface area contributed by atoms with Crippen LogP contribution in [0.2, 0.25) is 0 Å². The number of hydrogen-bond donors (Lipinski definition) is 1. The van der Waals surface area contributed by atoms with Gasteiger partial charge in [-0.25, -0.2) is 0 Å². The molecule has 2 fully saturated rings. The lowest BCUT2D eigenvalue weighted by Crippen LogP contribution is -2.48. The van der Waals surface area contributed by atoms with Crippen LogP contribution in [0.5, 0.6) is 0 Å². The van der Waals surface area contributed by atoms with E-state index in [1.807, 2.05) is 0 Å². The molecule has 2 rings (SSSR count). The summed E-state index contributed by atoms with van der Waals surface area (Å²) in [5.74, 6) is 0.620. The summed E-state index contributed by atoms with van der Waals surface area (Å²) in [5, 5.41) is 12.0. The van der Waals surface area contributed by atoms with E-state index < -0.39 is 6.10 Å². The third kappa shape index (κ3) is 2.18. The van der Waals surface area contributed by atoms with Gasteiger partial charge in [0, 0.05) is 13.1 Å². The van der Waals surface area contributed by atoms with Gasteiger partial charge < -0.3 is 15.0 Å². The van der Waals surface area contributed by atoms with Crippen LogP contribution in [-0.4, -0.2) is 49.7 Å². The van der Waals surface area contributed by atoms with E-state index in [1.165, 1.54) is 0 Å². The molecule has 3 unspecified atom stereocenters. The molecule has 0 saturated carbocycles. The van der Waals surface area contributed by atoms with E-state index in [0.717, 1.165) is 13.1 Å². The molecule has 0 aromatic carbocycles. The van der Waals surface area contributed by atoms with E-state index in [-0.39, 0.29) is 11.8 Å². The molecule has 2 saturated heterocycles. The average molecular weight is 223 g/mol. The molecule has 2 heterocycles. The van der Waals surface area contributed by atoms with Crippen molar-refractivity contribution in [2.45, 2.75) is 13.0 Å². The Bertz CT molecular complexity index is 313. The summed E-state index contributed by atoms with van der Waals surface area (Å²) in [6.07, 6.45) is -0.456. The van der Waals surface area contributed by atoms with Gasteiger partial charge in [0.25, 0.3) is 0 Å². The minimum atomic E-state index is -0.456. The number of ether oxygens (including phenoxy) is 1. The molecular weight excluding hydrogens is 206 g/mol. The number of carbonyl (C=O) groups excluding carboxylic acids is 1. The van der Waals surface area contributed by atoms with Crippen LogP contribution in [-0.2, 0) is 9.53 Å². The predicted molar refractivity (Wildman–Crippen MR) is 57.5 cm³/mol. The molecule has 0 aromatic rings. The fourth-order valence-corrected chi connectivity index (χ4v) is 2.30. The zero-order chi connectivity index (χ0) is 11.5. The Morgan fingerprint density at radius 3 is 3.00 bits per heavy atom. The van der Waals surface area contributed by atoms with Crippen LogP contribution in [0.1, 0.15) is 6.92 Å². The molecule has 0 radical (unpaired) electrons. The highest BCUT2D eigenvalue weighted by atomic mass is 16.5. The lowest BCUT2D eigenvalue weighted by atomic mass is 9.96. The van der Waals surface area contributed by atoms with Crippen molar-refractivity contribution in [1.82, 2.24) is 10.2 Å². The second-order valence-electron chi connectivity index (χ2n) is 4.51. The average Bonchev–Trinajstić information content (AvgIpc) is 2.74. The zero-order valence-electron chi connectivity index (χ0n) is 9.48. The van der Waals surface area contributed by atoms with Gasteiger partial charge in [-0.1, -0.05) is 6.92 Å². The first-order valence-corrected chi connectivity index (χ1v) is 5.73. The van der Waals surface area contributed by atoms with Crippen molar-refractivity contribution in [3.05, 3.63) is 0 Å². The van der Waals surface area contributed by atoms with E-state index in [1.54, 1.807) is 4.90 Å². The molecule has 2 aliphatic heterocycles. The van der Waals surface area contributed by atoms with E-state index >= 15 is 0 Å². The van der Waals surface area contributed by atoms with Crippen molar-refractivity contribution in [3.63, 3.8) is 0 Å². The van der Waals surface area contributed by atoms with E-state index in [0.29, 0.717) is 25.6 Å². The number of rotatable bonds is 1. The second kappa shape index (κ2) is 4.81. The fraction of sp³-hybridized carbons (Fsp3) is 0.818. The molecule has 0 spiro atoms. The van der Waals surface area contributed by atoms with Gasteiger partial charge in [-0.15, -0.1) is 0 Å². The molecule has 3 atom stereocenters. The van der Waals surface area contributed by atoms with E-state index in [2.05, 4.69) is 18.3 Å². The van der Waals surface area contributed by atoms with Gasteiger partial charge in [0.2, 0.25) is 5.91 Å². The number of nitrogens with one attached hydrogen (secondary N) is 1.